The van der Waals surface area contributed by atoms with E-state index in [4.69, 9.17) is 45.9 Å². The lowest BCUT2D eigenvalue weighted by Crippen LogP contribution is -2.12. The molecule has 0 aliphatic rings. The first-order valence-electron chi connectivity index (χ1n) is 5.72. The van der Waals surface area contributed by atoms with Crippen LogP contribution in [0.5, 0.6) is 5.75 Å². The predicted molar refractivity (Wildman–Crippen MR) is 88.6 cm³/mol. The number of nitrogens with two attached hydrogens (primary N) is 1. The van der Waals surface area contributed by atoms with Crippen LogP contribution in [0.4, 0.5) is 11.4 Å². The second kappa shape index (κ2) is 6.31. The second-order valence-electron chi connectivity index (χ2n) is 4.00. The molecule has 0 spiro atoms. The maximum absolute atomic E-state index is 6.12. The van der Waals surface area contributed by atoms with Crippen LogP contribution in [0, 0.1) is 0 Å². The highest BCUT2D eigenvalue weighted by Gasteiger charge is 2.10. The average Bonchev–Trinajstić information content (AvgIpc) is 2.40. The largest absolute Gasteiger partial charge is 0.495 e. The Morgan fingerprint density at radius 2 is 1.95 bits per heavy atom. The number of halogens is 2. The molecule has 0 bridgehead atoms. The minimum atomic E-state index is 0.235. The van der Waals surface area contributed by atoms with E-state index in [2.05, 4.69) is 5.32 Å². The van der Waals surface area contributed by atoms with Crippen LogP contribution in [-0.4, -0.2) is 12.1 Å². The number of benzene rings is 2. The monoisotopic (exact) mass is 326 g/mol. The predicted octanol–water partition coefficient (Wildman–Crippen LogP) is 4.38. The number of methoxy groups -OCH3 is 1. The van der Waals surface area contributed by atoms with Crippen molar-refractivity contribution in [3.63, 3.8) is 0 Å². The van der Waals surface area contributed by atoms with Gasteiger partial charge in [0.15, 0.2) is 0 Å². The first-order chi connectivity index (χ1) is 9.52. The van der Waals surface area contributed by atoms with Crippen LogP contribution >= 0.6 is 35.4 Å². The zero-order chi connectivity index (χ0) is 14.7. The molecule has 0 amide bonds. The van der Waals surface area contributed by atoms with Crippen LogP contribution < -0.4 is 15.8 Å². The SMILES string of the molecule is COc1cc(Nc2cccc(Cl)c2C(N)=S)ccc1Cl. The Morgan fingerprint density at radius 3 is 2.60 bits per heavy atom. The van der Waals surface area contributed by atoms with Crippen LogP contribution in [0.15, 0.2) is 36.4 Å². The van der Waals surface area contributed by atoms with E-state index in [-0.39, 0.29) is 4.99 Å². The molecule has 6 heteroatoms. The quantitative estimate of drug-likeness (QED) is 0.818. The topological polar surface area (TPSA) is 47.3 Å². The Balaban J connectivity index is 2.40. The number of thiocarbonyl (C=S) groups is 1. The second-order valence-corrected chi connectivity index (χ2v) is 5.26. The standard InChI is InChI=1S/C14H12Cl2N2OS/c1-19-12-7-8(5-6-9(12)15)18-11-4-2-3-10(16)13(11)14(17)20/h2-7,18H,1H3,(H2,17,20). The molecule has 0 radical (unpaired) electrons. The molecule has 0 aliphatic carbocycles. The fourth-order valence-corrected chi connectivity index (χ4v) is 2.52. The van der Waals surface area contributed by atoms with Crippen molar-refractivity contribution in [1.29, 1.82) is 0 Å². The zero-order valence-electron chi connectivity index (χ0n) is 10.6. The van der Waals surface area contributed by atoms with E-state index in [0.717, 1.165) is 11.4 Å². The van der Waals surface area contributed by atoms with Gasteiger partial charge in [-0.15, -0.1) is 0 Å². The maximum Gasteiger partial charge on any atom is 0.139 e. The molecule has 0 atom stereocenters. The van der Waals surface area contributed by atoms with Gasteiger partial charge in [-0.1, -0.05) is 41.5 Å². The molecule has 0 saturated carbocycles. The van der Waals surface area contributed by atoms with Gasteiger partial charge in [-0.05, 0) is 24.3 Å². The summed E-state index contributed by atoms with van der Waals surface area (Å²) in [6.07, 6.45) is 0. The van der Waals surface area contributed by atoms with E-state index in [1.54, 1.807) is 25.3 Å². The first kappa shape index (κ1) is 14.9. The molecule has 0 heterocycles. The Morgan fingerprint density at radius 1 is 1.20 bits per heavy atom. The van der Waals surface area contributed by atoms with Gasteiger partial charge < -0.3 is 15.8 Å². The summed E-state index contributed by atoms with van der Waals surface area (Å²) in [7, 11) is 1.56. The van der Waals surface area contributed by atoms with Crippen LogP contribution in [0.25, 0.3) is 0 Å². The molecule has 0 fully saturated rings. The van der Waals surface area contributed by atoms with Crippen molar-refractivity contribution in [2.45, 2.75) is 0 Å². The van der Waals surface area contributed by atoms with Crippen molar-refractivity contribution in [3.05, 3.63) is 52.0 Å². The fourth-order valence-electron chi connectivity index (χ4n) is 1.77. The van der Waals surface area contributed by atoms with E-state index >= 15 is 0 Å². The summed E-state index contributed by atoms with van der Waals surface area (Å²) in [5.41, 5.74) is 7.85. The molecule has 2 aromatic rings. The van der Waals surface area contributed by atoms with Gasteiger partial charge >= 0.3 is 0 Å². The molecular formula is C14H12Cl2N2OS. The summed E-state index contributed by atoms with van der Waals surface area (Å²) in [4.78, 5) is 0.235. The lowest BCUT2D eigenvalue weighted by molar-refractivity contribution is 0.415. The Bertz CT molecular complexity index is 662. The van der Waals surface area contributed by atoms with E-state index in [1.807, 2.05) is 18.2 Å². The highest BCUT2D eigenvalue weighted by atomic mass is 35.5. The number of anilines is 2. The van der Waals surface area contributed by atoms with Gasteiger partial charge in [0.05, 0.1) is 28.4 Å². The van der Waals surface area contributed by atoms with Crippen LogP contribution in [0.3, 0.4) is 0 Å². The van der Waals surface area contributed by atoms with Gasteiger partial charge in [0.25, 0.3) is 0 Å². The lowest BCUT2D eigenvalue weighted by atomic mass is 10.1. The lowest BCUT2D eigenvalue weighted by Gasteiger charge is -2.13. The van der Waals surface area contributed by atoms with Gasteiger partial charge in [-0.3, -0.25) is 0 Å². The van der Waals surface area contributed by atoms with E-state index in [1.165, 1.54) is 0 Å². The Hall–Kier alpha value is -1.49. The molecule has 0 aromatic heterocycles. The average molecular weight is 327 g/mol. The Labute approximate surface area is 132 Å². The van der Waals surface area contributed by atoms with Crippen molar-refractivity contribution in [3.8, 4) is 5.75 Å². The third-order valence-electron chi connectivity index (χ3n) is 2.69. The number of ether oxygens (including phenoxy) is 1. The zero-order valence-corrected chi connectivity index (χ0v) is 12.9. The van der Waals surface area contributed by atoms with E-state index in [9.17, 15) is 0 Å². The minimum Gasteiger partial charge on any atom is -0.495 e. The smallest absolute Gasteiger partial charge is 0.139 e. The summed E-state index contributed by atoms with van der Waals surface area (Å²) >= 11 is 17.1. The summed E-state index contributed by atoms with van der Waals surface area (Å²) in [6.45, 7) is 0. The summed E-state index contributed by atoms with van der Waals surface area (Å²) < 4.78 is 5.18. The van der Waals surface area contributed by atoms with E-state index in [0.29, 0.717) is 21.4 Å². The van der Waals surface area contributed by atoms with Gasteiger partial charge in [0.2, 0.25) is 0 Å². The van der Waals surface area contributed by atoms with Gasteiger partial charge in [0.1, 0.15) is 10.7 Å². The van der Waals surface area contributed by atoms with Crippen LogP contribution in [0.2, 0.25) is 10.0 Å². The van der Waals surface area contributed by atoms with Crippen molar-refractivity contribution in [2.24, 2.45) is 5.73 Å². The minimum absolute atomic E-state index is 0.235. The summed E-state index contributed by atoms with van der Waals surface area (Å²) in [5.74, 6) is 0.579. The van der Waals surface area contributed by atoms with Crippen molar-refractivity contribution in [2.75, 3.05) is 12.4 Å². The van der Waals surface area contributed by atoms with Crippen molar-refractivity contribution < 1.29 is 4.74 Å². The van der Waals surface area contributed by atoms with Crippen molar-refractivity contribution >= 4 is 51.8 Å². The third-order valence-corrected chi connectivity index (χ3v) is 3.52. The molecule has 104 valence electrons. The third kappa shape index (κ3) is 3.15. The molecule has 0 saturated heterocycles. The molecule has 3 nitrogen and oxygen atoms in total. The van der Waals surface area contributed by atoms with E-state index < -0.39 is 0 Å². The highest BCUT2D eigenvalue weighted by molar-refractivity contribution is 7.80. The molecule has 20 heavy (non-hydrogen) atoms. The van der Waals surface area contributed by atoms with Crippen molar-refractivity contribution in [1.82, 2.24) is 0 Å². The molecule has 0 aliphatic heterocycles. The van der Waals surface area contributed by atoms with Crippen LogP contribution in [-0.2, 0) is 0 Å². The normalized spacial score (nSPS) is 10.2. The molecule has 3 N–H and O–H groups in total. The number of hydrogen-bond acceptors (Lipinski definition) is 3. The maximum atomic E-state index is 6.12. The molecule has 2 aromatic carbocycles. The summed E-state index contributed by atoms with van der Waals surface area (Å²) in [5, 5.41) is 4.25. The van der Waals surface area contributed by atoms with Gasteiger partial charge in [-0.2, -0.15) is 0 Å². The number of hydrogen-bond donors (Lipinski definition) is 2. The van der Waals surface area contributed by atoms with Crippen LogP contribution in [0.1, 0.15) is 5.56 Å². The van der Waals surface area contributed by atoms with Gasteiger partial charge in [-0.25, -0.2) is 0 Å². The number of nitrogens with one attached hydrogen (secondary N) is 1. The highest BCUT2D eigenvalue weighted by Crippen LogP contribution is 2.31. The first-order valence-corrected chi connectivity index (χ1v) is 6.88. The summed E-state index contributed by atoms with van der Waals surface area (Å²) in [6, 6.07) is 10.8. The molecule has 0 unspecified atom stereocenters. The van der Waals surface area contributed by atoms with Gasteiger partial charge in [0, 0.05) is 11.8 Å². The molecule has 2 rings (SSSR count). The fraction of sp³-hybridized carbons (Fsp3) is 0.0714. The Kier molecular flexibility index (Phi) is 4.70. The molecular weight excluding hydrogens is 315 g/mol. The number of rotatable bonds is 4.